The molecule has 0 radical (unpaired) electrons. The van der Waals surface area contributed by atoms with Gasteiger partial charge in [0, 0.05) is 6.54 Å². The molecule has 0 bridgehead atoms. The Morgan fingerprint density at radius 2 is 0.476 bits per heavy atom. The van der Waals surface area contributed by atoms with Crippen molar-refractivity contribution in [2.75, 3.05) is 25.0 Å². The number of nitrogens with one attached hydrogen (secondary N) is 1. The molecule has 0 atom stereocenters. The molecule has 0 amide bonds. The zero-order valence-electron chi connectivity index (χ0n) is 30.4. The highest BCUT2D eigenvalue weighted by Crippen LogP contribution is 2.57. The van der Waals surface area contributed by atoms with Crippen LogP contribution < -0.4 is 5.09 Å². The van der Waals surface area contributed by atoms with Crippen LogP contribution in [0.2, 0.25) is 0 Å². The predicted octanol–water partition coefficient (Wildman–Crippen LogP) is 15.1. The zero-order valence-corrected chi connectivity index (χ0v) is 31.3. The smallest absolute Gasteiger partial charge is 0.0799 e. The molecule has 0 aromatic carbocycles. The van der Waals surface area contributed by atoms with Crippen LogP contribution in [0.4, 0.5) is 0 Å². The van der Waals surface area contributed by atoms with Gasteiger partial charge in [0.15, 0.2) is 0 Å². The minimum Gasteiger partial charge on any atom is -0.192 e. The number of hydrogen-bond acceptors (Lipinski definition) is 1. The van der Waals surface area contributed by atoms with Crippen molar-refractivity contribution in [2.45, 2.75) is 233 Å². The summed E-state index contributed by atoms with van der Waals surface area (Å²) < 4.78 is 0. The Hall–Kier alpha value is 0.390. The molecule has 1 N–H and O–H groups in total. The zero-order chi connectivity index (χ0) is 30.7. The Morgan fingerprint density at radius 1 is 0.262 bits per heavy atom. The highest BCUT2D eigenvalue weighted by Gasteiger charge is 2.35. The maximum absolute atomic E-state index is 4.39. The maximum atomic E-state index is 4.39. The quantitative estimate of drug-likeness (QED) is 0.0545. The largest absolute Gasteiger partial charge is 0.192 e. The lowest BCUT2D eigenvalue weighted by molar-refractivity contribution is 0.535. The van der Waals surface area contributed by atoms with Gasteiger partial charge < -0.3 is 0 Å². The molecule has 0 unspecified atom stereocenters. The fourth-order valence-electron chi connectivity index (χ4n) is 6.79. The van der Waals surface area contributed by atoms with E-state index >= 15 is 0 Å². The first-order chi connectivity index (χ1) is 20.7. The Balaban J connectivity index is 4.49. The van der Waals surface area contributed by atoms with Gasteiger partial charge in [0.25, 0.3) is 0 Å². The minimum atomic E-state index is -0.999. The fraction of sp³-hybridized carbons (Fsp3) is 1.00. The normalized spacial score (nSPS) is 12.0. The van der Waals surface area contributed by atoms with Gasteiger partial charge in [-0.05, 0) is 44.9 Å². The molecule has 0 aliphatic rings. The number of unbranched alkanes of at least 4 members (excludes halogenated alkanes) is 28. The van der Waals surface area contributed by atoms with Gasteiger partial charge in [0.05, 0.1) is 25.9 Å². The molecule has 0 aliphatic carbocycles. The summed E-state index contributed by atoms with van der Waals surface area (Å²) in [5.74, 6) is 0. The molecule has 0 fully saturated rings. The molecule has 0 saturated heterocycles. The van der Waals surface area contributed by atoms with Crippen LogP contribution in [0, 0.1) is 0 Å². The molecular weight excluding hydrogens is 525 g/mol. The van der Waals surface area contributed by atoms with E-state index in [0.29, 0.717) is 0 Å². The van der Waals surface area contributed by atoms with Crippen LogP contribution in [-0.4, -0.2) is 25.0 Å². The molecule has 254 valence electrons. The van der Waals surface area contributed by atoms with Crippen molar-refractivity contribution in [3.8, 4) is 0 Å². The summed E-state index contributed by atoms with van der Waals surface area (Å²) in [6.07, 6.45) is 51.2. The number of hydrogen-bond donors (Lipinski definition) is 1. The summed E-state index contributed by atoms with van der Waals surface area (Å²) in [5, 5.41) is 4.39. The third-order valence-electron chi connectivity index (χ3n) is 9.80. The van der Waals surface area contributed by atoms with E-state index in [-0.39, 0.29) is 0 Å². The third kappa shape index (κ3) is 30.4. The van der Waals surface area contributed by atoms with Gasteiger partial charge >= 0.3 is 0 Å². The molecule has 0 aromatic heterocycles. The maximum Gasteiger partial charge on any atom is 0.0799 e. The Labute approximate surface area is 270 Å². The first-order valence-corrected chi connectivity index (χ1v) is 22.7. The molecular formula is C40H85NP+. The average Bonchev–Trinajstić information content (AvgIpc) is 3.00. The Morgan fingerprint density at radius 3 is 0.738 bits per heavy atom. The highest BCUT2D eigenvalue weighted by atomic mass is 31.2. The molecule has 42 heavy (non-hydrogen) atoms. The van der Waals surface area contributed by atoms with Crippen LogP contribution in [-0.2, 0) is 0 Å². The average molecular weight is 611 g/mol. The lowest BCUT2D eigenvalue weighted by Gasteiger charge is -2.29. The molecule has 2 heteroatoms. The van der Waals surface area contributed by atoms with Crippen LogP contribution in [0.5, 0.6) is 0 Å². The molecule has 0 heterocycles. The lowest BCUT2D eigenvalue weighted by Crippen LogP contribution is -2.25. The minimum absolute atomic E-state index is 0.999. The second kappa shape index (κ2) is 35.9. The van der Waals surface area contributed by atoms with Crippen LogP contribution >= 0.6 is 7.41 Å². The second-order valence-electron chi connectivity index (χ2n) is 14.1. The first-order valence-electron chi connectivity index (χ1n) is 20.4. The van der Waals surface area contributed by atoms with E-state index in [1.165, 1.54) is 212 Å². The van der Waals surface area contributed by atoms with E-state index in [9.17, 15) is 0 Å². The first kappa shape index (κ1) is 42.4. The van der Waals surface area contributed by atoms with Crippen molar-refractivity contribution in [1.82, 2.24) is 5.09 Å². The Kier molecular flexibility index (Phi) is 36.2. The molecule has 0 aliphatic heterocycles. The lowest BCUT2D eigenvalue weighted by atomic mass is 10.0. The molecule has 1 nitrogen and oxygen atoms in total. The van der Waals surface area contributed by atoms with Gasteiger partial charge in [-0.2, -0.15) is 5.09 Å². The monoisotopic (exact) mass is 611 g/mol. The van der Waals surface area contributed by atoms with Gasteiger partial charge in [-0.1, -0.05) is 188 Å². The third-order valence-corrected chi connectivity index (χ3v) is 14.2. The van der Waals surface area contributed by atoms with E-state index in [4.69, 9.17) is 0 Å². The highest BCUT2D eigenvalue weighted by molar-refractivity contribution is 7.74. The fourth-order valence-corrected chi connectivity index (χ4v) is 11.1. The van der Waals surface area contributed by atoms with Crippen molar-refractivity contribution < 1.29 is 0 Å². The molecule has 0 aromatic rings. The van der Waals surface area contributed by atoms with Crippen LogP contribution in [0.1, 0.15) is 233 Å². The summed E-state index contributed by atoms with van der Waals surface area (Å²) in [6.45, 7) is 10.7. The molecule has 0 rings (SSSR count). The van der Waals surface area contributed by atoms with Crippen LogP contribution in [0.25, 0.3) is 0 Å². The van der Waals surface area contributed by atoms with E-state index in [0.717, 1.165) is 0 Å². The van der Waals surface area contributed by atoms with Gasteiger partial charge in [-0.15, -0.1) is 0 Å². The summed E-state index contributed by atoms with van der Waals surface area (Å²) in [7, 11) is -0.999. The van der Waals surface area contributed by atoms with Gasteiger partial charge in [-0.3, -0.25) is 0 Å². The van der Waals surface area contributed by atoms with Crippen molar-refractivity contribution in [3.63, 3.8) is 0 Å². The van der Waals surface area contributed by atoms with Crippen molar-refractivity contribution >= 4 is 7.41 Å². The van der Waals surface area contributed by atoms with Crippen molar-refractivity contribution in [3.05, 3.63) is 0 Å². The summed E-state index contributed by atoms with van der Waals surface area (Å²) >= 11 is 0. The summed E-state index contributed by atoms with van der Waals surface area (Å²) in [4.78, 5) is 0. The topological polar surface area (TPSA) is 12.0 Å². The number of rotatable bonds is 37. The predicted molar refractivity (Wildman–Crippen MR) is 200 cm³/mol. The summed E-state index contributed by atoms with van der Waals surface area (Å²) in [5.41, 5.74) is 0. The molecule has 0 spiro atoms. The van der Waals surface area contributed by atoms with Gasteiger partial charge in [0.1, 0.15) is 0 Å². The summed E-state index contributed by atoms with van der Waals surface area (Å²) in [6, 6.07) is 0. The van der Waals surface area contributed by atoms with Gasteiger partial charge in [0.2, 0.25) is 0 Å². The van der Waals surface area contributed by atoms with Crippen LogP contribution in [0.15, 0.2) is 0 Å². The van der Waals surface area contributed by atoms with E-state index in [1.54, 1.807) is 18.5 Å². The van der Waals surface area contributed by atoms with E-state index in [2.05, 4.69) is 32.8 Å². The SMILES string of the molecule is CCCCCCCCCCCCCCCCN[P+](CCCCCCCC)(CCCCCCCC)CCCCCCCC. The standard InChI is InChI=1S/C40H85NP/c1-5-9-13-17-21-22-23-24-25-26-27-28-29-33-37-41-42(38-34-30-18-14-10-6-2,39-35-31-19-15-11-7-3)40-36-32-20-16-12-8-4/h41H,5-40H2,1-4H3/q+1. The Bertz CT molecular complexity index is 437. The van der Waals surface area contributed by atoms with E-state index in [1.807, 2.05) is 0 Å². The second-order valence-corrected chi connectivity index (χ2v) is 18.1. The van der Waals surface area contributed by atoms with Crippen molar-refractivity contribution in [2.24, 2.45) is 0 Å². The van der Waals surface area contributed by atoms with E-state index < -0.39 is 7.41 Å². The van der Waals surface area contributed by atoms with Crippen molar-refractivity contribution in [1.29, 1.82) is 0 Å². The van der Waals surface area contributed by atoms with Crippen LogP contribution in [0.3, 0.4) is 0 Å². The molecule has 0 saturated carbocycles. The van der Waals surface area contributed by atoms with Gasteiger partial charge in [-0.25, -0.2) is 0 Å².